The predicted molar refractivity (Wildman–Crippen MR) is 59.5 cm³/mol. The third-order valence-electron chi connectivity index (χ3n) is 1.98. The van der Waals surface area contributed by atoms with Crippen molar-refractivity contribution in [1.82, 2.24) is 0 Å². The summed E-state index contributed by atoms with van der Waals surface area (Å²) < 4.78 is 0. The zero-order chi connectivity index (χ0) is 10.5. The summed E-state index contributed by atoms with van der Waals surface area (Å²) in [4.78, 5) is 0. The zero-order valence-corrected chi connectivity index (χ0v) is 9.77. The molecule has 1 nitrogen and oxygen atoms in total. The lowest BCUT2D eigenvalue weighted by Gasteiger charge is -2.05. The maximum Gasteiger partial charge on any atom is 0.0655 e. The van der Waals surface area contributed by atoms with Gasteiger partial charge in [0.05, 0.1) is 6.07 Å². The van der Waals surface area contributed by atoms with Gasteiger partial charge in [-0.25, -0.2) is 0 Å². The molecule has 1 unspecified atom stereocenters. The van der Waals surface area contributed by atoms with Gasteiger partial charge in [0.15, 0.2) is 0 Å². The SMILES string of the molecule is CC.CCCCCC(C#N)CCC. The molecule has 0 heterocycles. The standard InChI is InChI=1S/C10H19N.C2H6/c1-3-5-6-8-10(9-11)7-4-2;1-2/h10H,3-8H2,1-2H3;1-2H3. The second-order valence-electron chi connectivity index (χ2n) is 3.11. The molecule has 0 aromatic rings. The molecule has 78 valence electrons. The fourth-order valence-corrected chi connectivity index (χ4v) is 1.26. The first-order chi connectivity index (χ1) is 6.35. The highest BCUT2D eigenvalue weighted by molar-refractivity contribution is 4.81. The van der Waals surface area contributed by atoms with Gasteiger partial charge in [0.1, 0.15) is 0 Å². The van der Waals surface area contributed by atoms with Crippen molar-refractivity contribution in [3.05, 3.63) is 0 Å². The van der Waals surface area contributed by atoms with Crippen molar-refractivity contribution < 1.29 is 0 Å². The minimum atomic E-state index is 0.326. The summed E-state index contributed by atoms with van der Waals surface area (Å²) in [7, 11) is 0. The van der Waals surface area contributed by atoms with E-state index >= 15 is 0 Å². The van der Waals surface area contributed by atoms with Crippen LogP contribution >= 0.6 is 0 Å². The molecule has 0 aromatic heterocycles. The van der Waals surface area contributed by atoms with Crippen LogP contribution in [-0.2, 0) is 0 Å². The zero-order valence-electron chi connectivity index (χ0n) is 9.77. The molecule has 0 spiro atoms. The second kappa shape index (κ2) is 14.0. The molecule has 0 aromatic carbocycles. The molecule has 0 fully saturated rings. The van der Waals surface area contributed by atoms with Crippen molar-refractivity contribution >= 4 is 0 Å². The minimum absolute atomic E-state index is 0.326. The Balaban J connectivity index is 0. The Bertz CT molecular complexity index is 113. The molecular formula is C12H25N. The molecule has 0 aliphatic rings. The second-order valence-corrected chi connectivity index (χ2v) is 3.11. The Kier molecular flexibility index (Phi) is 16.2. The van der Waals surface area contributed by atoms with Gasteiger partial charge in [-0.05, 0) is 12.8 Å². The number of rotatable bonds is 6. The molecule has 0 aliphatic heterocycles. The molecule has 0 N–H and O–H groups in total. The molecule has 1 atom stereocenters. The molecular weight excluding hydrogens is 158 g/mol. The van der Waals surface area contributed by atoms with E-state index in [1.54, 1.807) is 0 Å². The number of hydrogen-bond acceptors (Lipinski definition) is 1. The van der Waals surface area contributed by atoms with Crippen molar-refractivity contribution in [2.24, 2.45) is 5.92 Å². The lowest BCUT2D eigenvalue weighted by atomic mass is 9.98. The predicted octanol–water partition coefficient (Wildman–Crippen LogP) is 4.53. The molecule has 0 rings (SSSR count). The molecule has 0 radical (unpaired) electrons. The van der Waals surface area contributed by atoms with Crippen molar-refractivity contribution in [3.63, 3.8) is 0 Å². The van der Waals surface area contributed by atoms with Gasteiger partial charge in [0.2, 0.25) is 0 Å². The van der Waals surface area contributed by atoms with E-state index in [0.717, 1.165) is 19.3 Å². The van der Waals surface area contributed by atoms with Gasteiger partial charge in [-0.3, -0.25) is 0 Å². The highest BCUT2D eigenvalue weighted by atomic mass is 14.3. The van der Waals surface area contributed by atoms with Crippen LogP contribution in [-0.4, -0.2) is 0 Å². The third kappa shape index (κ3) is 11.5. The van der Waals surface area contributed by atoms with E-state index in [1.807, 2.05) is 13.8 Å². The van der Waals surface area contributed by atoms with E-state index in [1.165, 1.54) is 19.3 Å². The van der Waals surface area contributed by atoms with Crippen LogP contribution < -0.4 is 0 Å². The van der Waals surface area contributed by atoms with Gasteiger partial charge in [0, 0.05) is 5.92 Å². The van der Waals surface area contributed by atoms with E-state index in [0.29, 0.717) is 5.92 Å². The van der Waals surface area contributed by atoms with Crippen LogP contribution in [0, 0.1) is 17.2 Å². The van der Waals surface area contributed by atoms with Gasteiger partial charge in [-0.15, -0.1) is 0 Å². The number of nitrogens with zero attached hydrogens (tertiary/aromatic N) is 1. The summed E-state index contributed by atoms with van der Waals surface area (Å²) >= 11 is 0. The Morgan fingerprint density at radius 1 is 1.00 bits per heavy atom. The molecule has 0 amide bonds. The average Bonchev–Trinajstić information content (AvgIpc) is 2.20. The largest absolute Gasteiger partial charge is 0.198 e. The van der Waals surface area contributed by atoms with E-state index < -0.39 is 0 Å². The lowest BCUT2D eigenvalue weighted by molar-refractivity contribution is 0.511. The topological polar surface area (TPSA) is 23.8 Å². The minimum Gasteiger partial charge on any atom is -0.198 e. The van der Waals surface area contributed by atoms with E-state index in [4.69, 9.17) is 5.26 Å². The third-order valence-corrected chi connectivity index (χ3v) is 1.98. The van der Waals surface area contributed by atoms with Crippen LogP contribution in [0.2, 0.25) is 0 Å². The molecule has 0 saturated carbocycles. The Morgan fingerprint density at radius 3 is 2.00 bits per heavy atom. The van der Waals surface area contributed by atoms with Crippen molar-refractivity contribution in [1.29, 1.82) is 5.26 Å². The number of nitriles is 1. The van der Waals surface area contributed by atoms with Crippen molar-refractivity contribution in [3.8, 4) is 6.07 Å². The van der Waals surface area contributed by atoms with Crippen LogP contribution in [0.15, 0.2) is 0 Å². The van der Waals surface area contributed by atoms with Crippen LogP contribution in [0.3, 0.4) is 0 Å². The fourth-order valence-electron chi connectivity index (χ4n) is 1.26. The maximum atomic E-state index is 8.71. The van der Waals surface area contributed by atoms with Gasteiger partial charge in [-0.2, -0.15) is 5.26 Å². The molecule has 0 aliphatic carbocycles. The van der Waals surface area contributed by atoms with Crippen molar-refractivity contribution in [2.75, 3.05) is 0 Å². The number of unbranched alkanes of at least 4 members (excludes halogenated alkanes) is 2. The van der Waals surface area contributed by atoms with Crippen LogP contribution in [0.4, 0.5) is 0 Å². The first kappa shape index (κ1) is 15.0. The fraction of sp³-hybridized carbons (Fsp3) is 0.917. The van der Waals surface area contributed by atoms with E-state index in [-0.39, 0.29) is 0 Å². The monoisotopic (exact) mass is 183 g/mol. The van der Waals surface area contributed by atoms with E-state index in [2.05, 4.69) is 19.9 Å². The van der Waals surface area contributed by atoms with E-state index in [9.17, 15) is 0 Å². The van der Waals surface area contributed by atoms with Gasteiger partial charge >= 0.3 is 0 Å². The number of hydrogen-bond donors (Lipinski definition) is 0. The van der Waals surface area contributed by atoms with Crippen LogP contribution in [0.1, 0.15) is 66.2 Å². The summed E-state index contributed by atoms with van der Waals surface area (Å²) in [5.74, 6) is 0.326. The average molecular weight is 183 g/mol. The summed E-state index contributed by atoms with van der Waals surface area (Å²) in [6.45, 7) is 8.34. The molecule has 1 heteroatoms. The lowest BCUT2D eigenvalue weighted by Crippen LogP contribution is -1.95. The van der Waals surface area contributed by atoms with Gasteiger partial charge in [0.25, 0.3) is 0 Å². The summed E-state index contributed by atoms with van der Waals surface area (Å²) in [6, 6.07) is 2.36. The van der Waals surface area contributed by atoms with Crippen LogP contribution in [0.5, 0.6) is 0 Å². The Labute approximate surface area is 84.2 Å². The molecule has 0 saturated heterocycles. The first-order valence-corrected chi connectivity index (χ1v) is 5.74. The summed E-state index contributed by atoms with van der Waals surface area (Å²) in [5, 5.41) is 8.71. The Hall–Kier alpha value is -0.510. The first-order valence-electron chi connectivity index (χ1n) is 5.74. The smallest absolute Gasteiger partial charge is 0.0655 e. The summed E-state index contributed by atoms with van der Waals surface area (Å²) in [5.41, 5.74) is 0. The highest BCUT2D eigenvalue weighted by Crippen LogP contribution is 2.13. The quantitative estimate of drug-likeness (QED) is 0.555. The van der Waals surface area contributed by atoms with Crippen molar-refractivity contribution in [2.45, 2.75) is 66.2 Å². The highest BCUT2D eigenvalue weighted by Gasteiger charge is 2.03. The normalized spacial score (nSPS) is 11.0. The molecule has 0 bridgehead atoms. The summed E-state index contributed by atoms with van der Waals surface area (Å²) in [6.07, 6.45) is 7.10. The Morgan fingerprint density at radius 2 is 1.62 bits per heavy atom. The van der Waals surface area contributed by atoms with Gasteiger partial charge in [-0.1, -0.05) is 53.4 Å². The maximum absolute atomic E-state index is 8.71. The molecule has 13 heavy (non-hydrogen) atoms. The van der Waals surface area contributed by atoms with Crippen LogP contribution in [0.25, 0.3) is 0 Å². The van der Waals surface area contributed by atoms with Gasteiger partial charge < -0.3 is 0 Å².